The number of nitriles is 3. The highest BCUT2D eigenvalue weighted by atomic mass is 14.3. The number of hydrogen-bond donors (Lipinski definition) is 0. The molecular weight excluding hydrogens is 210 g/mol. The van der Waals surface area contributed by atoms with Crippen LogP contribution in [0.3, 0.4) is 0 Å². The topological polar surface area (TPSA) is 71.4 Å². The van der Waals surface area contributed by atoms with Gasteiger partial charge >= 0.3 is 0 Å². The van der Waals surface area contributed by atoms with E-state index in [1.807, 2.05) is 42.5 Å². The molecule has 1 aliphatic rings. The van der Waals surface area contributed by atoms with E-state index in [0.29, 0.717) is 12.0 Å². The monoisotopic (exact) mass is 217 g/mol. The summed E-state index contributed by atoms with van der Waals surface area (Å²) in [7, 11) is 0. The van der Waals surface area contributed by atoms with E-state index < -0.39 is 0 Å². The zero-order valence-corrected chi connectivity index (χ0v) is 8.94. The number of allylic oxidation sites excluding steroid dienone is 4. The molecule has 3 heteroatoms. The second-order valence-corrected chi connectivity index (χ2v) is 3.60. The quantitative estimate of drug-likeness (QED) is 0.627. The van der Waals surface area contributed by atoms with Crippen molar-refractivity contribution in [2.24, 2.45) is 0 Å². The first-order valence-electron chi connectivity index (χ1n) is 5.03. The van der Waals surface area contributed by atoms with Crippen LogP contribution in [0, 0.1) is 34.0 Å². The van der Waals surface area contributed by atoms with Crippen LogP contribution in [-0.2, 0) is 0 Å². The van der Waals surface area contributed by atoms with Crippen LogP contribution >= 0.6 is 0 Å². The van der Waals surface area contributed by atoms with Crippen molar-refractivity contribution in [3.05, 3.63) is 47.0 Å². The van der Waals surface area contributed by atoms with E-state index in [1.165, 1.54) is 6.08 Å². The minimum absolute atomic E-state index is 0.124. The molecule has 0 fully saturated rings. The molecular formula is C14H7N3. The summed E-state index contributed by atoms with van der Waals surface area (Å²) in [6.45, 7) is 0. The summed E-state index contributed by atoms with van der Waals surface area (Å²) in [6.07, 6.45) is 1.95. The van der Waals surface area contributed by atoms with Gasteiger partial charge in [0.1, 0.15) is 17.7 Å². The average Bonchev–Trinajstić information content (AvgIpc) is 2.72. The van der Waals surface area contributed by atoms with Crippen molar-refractivity contribution < 1.29 is 0 Å². The summed E-state index contributed by atoms with van der Waals surface area (Å²) in [5.41, 5.74) is 3.52. The molecule has 0 heterocycles. The minimum atomic E-state index is 0.124. The highest BCUT2D eigenvalue weighted by molar-refractivity contribution is 5.96. The Balaban J connectivity index is 2.72. The highest BCUT2D eigenvalue weighted by Gasteiger charge is 2.23. The second-order valence-electron chi connectivity index (χ2n) is 3.60. The second kappa shape index (κ2) is 4.35. The third kappa shape index (κ3) is 1.69. The molecule has 0 aliphatic heterocycles. The van der Waals surface area contributed by atoms with Crippen LogP contribution in [0.15, 0.2) is 35.9 Å². The Hall–Kier alpha value is -2.83. The molecule has 0 atom stereocenters. The number of benzene rings is 1. The normalized spacial score (nSPS) is 14.6. The van der Waals surface area contributed by atoms with Gasteiger partial charge in [-0.15, -0.1) is 0 Å². The Labute approximate surface area is 99.1 Å². The molecule has 1 aromatic rings. The molecule has 0 bridgehead atoms. The molecule has 3 nitrogen and oxygen atoms in total. The number of hydrogen-bond acceptors (Lipinski definition) is 3. The fraction of sp³-hybridized carbons (Fsp3) is 0.0714. The van der Waals surface area contributed by atoms with Gasteiger partial charge in [-0.05, 0) is 22.3 Å². The Morgan fingerprint density at radius 1 is 1.06 bits per heavy atom. The van der Waals surface area contributed by atoms with Crippen molar-refractivity contribution >= 4 is 11.1 Å². The van der Waals surface area contributed by atoms with Crippen molar-refractivity contribution in [2.75, 3.05) is 0 Å². The first-order chi connectivity index (χ1) is 8.31. The fourth-order valence-electron chi connectivity index (χ4n) is 2.00. The predicted molar refractivity (Wildman–Crippen MR) is 62.8 cm³/mol. The lowest BCUT2D eigenvalue weighted by molar-refractivity contribution is 1.42. The van der Waals surface area contributed by atoms with E-state index in [2.05, 4.69) is 0 Å². The SMILES string of the molecule is N#C/C=C1\CC(=C(C#N)C#N)c2ccccc21. The zero-order chi connectivity index (χ0) is 12.3. The van der Waals surface area contributed by atoms with Gasteiger partial charge in [-0.3, -0.25) is 0 Å². The van der Waals surface area contributed by atoms with Crippen molar-refractivity contribution in [1.29, 1.82) is 15.8 Å². The number of nitrogens with zero attached hydrogens (tertiary/aromatic N) is 3. The van der Waals surface area contributed by atoms with Crippen LogP contribution in [0.25, 0.3) is 11.1 Å². The lowest BCUT2D eigenvalue weighted by Crippen LogP contribution is -1.83. The van der Waals surface area contributed by atoms with Crippen molar-refractivity contribution in [2.45, 2.75) is 6.42 Å². The first-order valence-corrected chi connectivity index (χ1v) is 5.03. The van der Waals surface area contributed by atoms with E-state index in [4.69, 9.17) is 15.8 Å². The lowest BCUT2D eigenvalue weighted by atomic mass is 10.0. The van der Waals surface area contributed by atoms with Gasteiger partial charge in [-0.1, -0.05) is 24.3 Å². The van der Waals surface area contributed by atoms with Gasteiger partial charge in [0.15, 0.2) is 0 Å². The standard InChI is InChI=1S/C14H7N3/c15-6-5-10-7-14(11(8-16)9-17)13-4-2-1-3-12(10)13/h1-5H,7H2/b10-5+. The van der Waals surface area contributed by atoms with Gasteiger partial charge < -0.3 is 0 Å². The third-order valence-corrected chi connectivity index (χ3v) is 2.73. The molecule has 2 rings (SSSR count). The summed E-state index contributed by atoms with van der Waals surface area (Å²) < 4.78 is 0. The Morgan fingerprint density at radius 2 is 1.71 bits per heavy atom. The number of rotatable bonds is 0. The minimum Gasteiger partial charge on any atom is -0.193 e. The van der Waals surface area contributed by atoms with Gasteiger partial charge in [-0.25, -0.2) is 0 Å². The van der Waals surface area contributed by atoms with Gasteiger partial charge in [0.25, 0.3) is 0 Å². The lowest BCUT2D eigenvalue weighted by Gasteiger charge is -1.98. The zero-order valence-electron chi connectivity index (χ0n) is 8.94. The van der Waals surface area contributed by atoms with Crippen molar-refractivity contribution in [3.63, 3.8) is 0 Å². The summed E-state index contributed by atoms with van der Waals surface area (Å²) in [5.74, 6) is 0. The Bertz CT molecular complexity index is 642. The van der Waals surface area contributed by atoms with Crippen molar-refractivity contribution in [1.82, 2.24) is 0 Å². The summed E-state index contributed by atoms with van der Waals surface area (Å²) in [6, 6.07) is 13.3. The highest BCUT2D eigenvalue weighted by Crippen LogP contribution is 2.41. The number of fused-ring (bicyclic) bond motifs is 1. The largest absolute Gasteiger partial charge is 0.193 e. The summed E-state index contributed by atoms with van der Waals surface area (Å²) in [5, 5.41) is 26.5. The molecule has 0 amide bonds. The molecule has 0 spiro atoms. The van der Waals surface area contributed by atoms with Crippen LogP contribution in [0.1, 0.15) is 17.5 Å². The van der Waals surface area contributed by atoms with E-state index in [1.54, 1.807) is 0 Å². The molecule has 0 unspecified atom stereocenters. The molecule has 1 aliphatic carbocycles. The van der Waals surface area contributed by atoms with Crippen molar-refractivity contribution in [3.8, 4) is 18.2 Å². The third-order valence-electron chi connectivity index (χ3n) is 2.73. The molecule has 0 saturated heterocycles. The van der Waals surface area contributed by atoms with Crippen LogP contribution in [0.4, 0.5) is 0 Å². The van der Waals surface area contributed by atoms with Gasteiger partial charge in [-0.2, -0.15) is 15.8 Å². The maximum Gasteiger partial charge on any atom is 0.133 e. The van der Waals surface area contributed by atoms with Gasteiger partial charge in [0.05, 0.1) is 6.07 Å². The van der Waals surface area contributed by atoms with E-state index in [-0.39, 0.29) is 5.57 Å². The average molecular weight is 217 g/mol. The molecule has 1 aromatic carbocycles. The van der Waals surface area contributed by atoms with Crippen LogP contribution in [0.5, 0.6) is 0 Å². The smallest absolute Gasteiger partial charge is 0.133 e. The maximum atomic E-state index is 8.91. The molecule has 0 saturated carbocycles. The molecule has 0 N–H and O–H groups in total. The van der Waals surface area contributed by atoms with Crippen LogP contribution in [-0.4, -0.2) is 0 Å². The van der Waals surface area contributed by atoms with E-state index in [9.17, 15) is 0 Å². The molecule has 0 radical (unpaired) electrons. The predicted octanol–water partition coefficient (Wildman–Crippen LogP) is 2.80. The van der Waals surface area contributed by atoms with Gasteiger partial charge in [0.2, 0.25) is 0 Å². The summed E-state index contributed by atoms with van der Waals surface area (Å²) in [4.78, 5) is 0. The van der Waals surface area contributed by atoms with Crippen LogP contribution in [0.2, 0.25) is 0 Å². The van der Waals surface area contributed by atoms with Gasteiger partial charge in [0, 0.05) is 12.5 Å². The maximum absolute atomic E-state index is 8.91. The first kappa shape index (κ1) is 10.7. The fourth-order valence-corrected chi connectivity index (χ4v) is 2.00. The van der Waals surface area contributed by atoms with E-state index in [0.717, 1.165) is 16.7 Å². The Kier molecular flexibility index (Phi) is 2.73. The van der Waals surface area contributed by atoms with Crippen LogP contribution < -0.4 is 0 Å². The van der Waals surface area contributed by atoms with E-state index >= 15 is 0 Å². The Morgan fingerprint density at radius 3 is 2.29 bits per heavy atom. The summed E-state index contributed by atoms with van der Waals surface area (Å²) >= 11 is 0. The molecule has 0 aromatic heterocycles. The molecule has 78 valence electrons. The molecule has 17 heavy (non-hydrogen) atoms.